The molecule has 0 bridgehead atoms. The minimum atomic E-state index is -4.57. The third-order valence-electron chi connectivity index (χ3n) is 8.68. The number of rotatable bonds is 10. The molecule has 15 heteroatoms. The molecule has 0 saturated carbocycles. The predicted octanol–water partition coefficient (Wildman–Crippen LogP) is 4.21. The van der Waals surface area contributed by atoms with Gasteiger partial charge in [-0.1, -0.05) is 6.07 Å². The summed E-state index contributed by atoms with van der Waals surface area (Å²) in [5.41, 5.74) is 1.42. The Bertz CT molecular complexity index is 1390. The molecule has 44 heavy (non-hydrogen) atoms. The molecule has 246 valence electrons. The molecule has 2 fully saturated rings. The number of sulfonamides is 1. The van der Waals surface area contributed by atoms with Gasteiger partial charge in [0.05, 0.1) is 30.2 Å². The normalized spacial score (nSPS) is 21.1. The van der Waals surface area contributed by atoms with Gasteiger partial charge < -0.3 is 14.9 Å². The molecule has 0 radical (unpaired) electrons. The van der Waals surface area contributed by atoms with Crippen LogP contribution in [0.1, 0.15) is 42.5 Å². The van der Waals surface area contributed by atoms with Crippen molar-refractivity contribution in [3.8, 4) is 11.3 Å². The molecule has 3 aliphatic rings. The number of nitrogens with zero attached hydrogens (tertiary/aromatic N) is 5. The van der Waals surface area contributed by atoms with Crippen LogP contribution in [0.25, 0.3) is 11.3 Å². The number of hydrogen-bond donors (Lipinski definition) is 1. The molecular weight excluding hydrogens is 625 g/mol. The van der Waals surface area contributed by atoms with Crippen LogP contribution in [0.5, 0.6) is 0 Å². The molecule has 3 aliphatic heterocycles. The largest absolute Gasteiger partial charge is 0.417 e. The van der Waals surface area contributed by atoms with Crippen molar-refractivity contribution in [2.24, 2.45) is 0 Å². The maximum Gasteiger partial charge on any atom is 0.417 e. The van der Waals surface area contributed by atoms with Gasteiger partial charge >= 0.3 is 6.18 Å². The maximum atomic E-state index is 14.0. The average molecular weight is 666 g/mol. The van der Waals surface area contributed by atoms with Crippen LogP contribution in [0.15, 0.2) is 23.1 Å². The number of fused-ring (bicyclic) bond motifs is 1. The van der Waals surface area contributed by atoms with E-state index < -0.39 is 40.2 Å². The molecule has 0 spiro atoms. The number of aromatic nitrogens is 2. The van der Waals surface area contributed by atoms with Gasteiger partial charge in [0.25, 0.3) is 0 Å². The topological polar surface area (TPSA) is 81.9 Å². The zero-order valence-corrected chi connectivity index (χ0v) is 26.4. The van der Waals surface area contributed by atoms with Crippen LogP contribution in [-0.4, -0.2) is 114 Å². The summed E-state index contributed by atoms with van der Waals surface area (Å²) in [5, 5.41) is 15.7. The highest BCUT2D eigenvalue weighted by Crippen LogP contribution is 2.40. The molecule has 1 aromatic carbocycles. The van der Waals surface area contributed by atoms with Crippen LogP contribution in [0, 0.1) is 0 Å². The van der Waals surface area contributed by atoms with E-state index in [1.807, 2.05) is 4.90 Å². The first-order valence-corrected chi connectivity index (χ1v) is 17.9. The lowest BCUT2D eigenvalue weighted by molar-refractivity contribution is -0.139. The number of halogens is 5. The van der Waals surface area contributed by atoms with Crippen LogP contribution in [0.4, 0.5) is 22.0 Å². The third-order valence-corrected chi connectivity index (χ3v) is 11.0. The second kappa shape index (κ2) is 13.9. The van der Waals surface area contributed by atoms with Gasteiger partial charge in [-0.05, 0) is 37.8 Å². The van der Waals surface area contributed by atoms with Crippen LogP contribution < -0.4 is 0 Å². The quantitative estimate of drug-likeness (QED) is 0.301. The number of thioether (sulfide) groups is 1. The first-order valence-electron chi connectivity index (χ1n) is 15.1. The zero-order chi connectivity index (χ0) is 31.6. The molecule has 8 nitrogen and oxygen atoms in total. The molecule has 0 amide bonds. The predicted molar refractivity (Wildman–Crippen MR) is 159 cm³/mol. The van der Waals surface area contributed by atoms with Crippen molar-refractivity contribution in [3.63, 3.8) is 0 Å². The fraction of sp³-hybridized carbons (Fsp3) is 0.690. The first kappa shape index (κ1) is 33.6. The Morgan fingerprint density at radius 3 is 2.25 bits per heavy atom. The molecule has 1 aromatic heterocycles. The number of likely N-dealkylation sites (tertiary alicyclic amines) is 2. The number of alkyl halides is 5. The molecule has 0 aliphatic carbocycles. The molecule has 5 rings (SSSR count). The number of benzene rings is 1. The number of aliphatic hydroxyl groups excluding tert-OH is 1. The Morgan fingerprint density at radius 2 is 1.64 bits per heavy atom. The van der Waals surface area contributed by atoms with Gasteiger partial charge in [0.15, 0.2) is 0 Å². The van der Waals surface area contributed by atoms with Gasteiger partial charge in [-0.25, -0.2) is 17.2 Å². The zero-order valence-electron chi connectivity index (χ0n) is 24.8. The van der Waals surface area contributed by atoms with Gasteiger partial charge in [0.1, 0.15) is 12.3 Å². The molecule has 1 atom stereocenters. The Balaban J connectivity index is 1.41. The van der Waals surface area contributed by atoms with E-state index in [0.717, 1.165) is 29.8 Å². The van der Waals surface area contributed by atoms with Crippen molar-refractivity contribution >= 4 is 21.8 Å². The highest BCUT2D eigenvalue weighted by atomic mass is 32.2. The maximum absolute atomic E-state index is 14.0. The van der Waals surface area contributed by atoms with Crippen molar-refractivity contribution in [3.05, 3.63) is 35.0 Å². The van der Waals surface area contributed by atoms with E-state index in [0.29, 0.717) is 93.9 Å². The van der Waals surface area contributed by atoms with Crippen LogP contribution >= 0.6 is 11.8 Å². The van der Waals surface area contributed by atoms with Gasteiger partial charge in [-0.15, -0.1) is 11.8 Å². The smallest absolute Gasteiger partial charge is 0.390 e. The monoisotopic (exact) mass is 665 g/mol. The minimum absolute atomic E-state index is 0.0254. The van der Waals surface area contributed by atoms with Crippen molar-refractivity contribution in [1.82, 2.24) is 23.9 Å². The molecule has 2 saturated heterocycles. The van der Waals surface area contributed by atoms with E-state index >= 15 is 0 Å². The SMILES string of the molecule is CS(=O)(=O)N1CCc2c(c(-c3ccc(C(F)(F)F)c(SCCN4CCC(F)CC4)c3)nn2C[C@@H](O)CN2CCC(F)CC2)C1. The van der Waals surface area contributed by atoms with Gasteiger partial charge in [-0.2, -0.15) is 22.6 Å². The lowest BCUT2D eigenvalue weighted by Gasteiger charge is -2.30. The Kier molecular flexibility index (Phi) is 10.6. The molecule has 1 N–H and O–H groups in total. The van der Waals surface area contributed by atoms with Gasteiger partial charge in [-0.3, -0.25) is 4.68 Å². The molecular formula is C29H40F5N5O3S2. The highest BCUT2D eigenvalue weighted by molar-refractivity contribution is 7.99. The fourth-order valence-electron chi connectivity index (χ4n) is 6.20. The van der Waals surface area contributed by atoms with Gasteiger partial charge in [0.2, 0.25) is 10.0 Å². The number of aliphatic hydroxyl groups is 1. The summed E-state index contributed by atoms with van der Waals surface area (Å²) >= 11 is 1.09. The molecule has 2 aromatic rings. The summed E-state index contributed by atoms with van der Waals surface area (Å²) in [6.45, 7) is 3.48. The number of hydrogen-bond acceptors (Lipinski definition) is 7. The Labute approximate surface area is 259 Å². The fourth-order valence-corrected chi connectivity index (χ4v) is 8.11. The number of β-amino-alcohol motifs (C(OH)–C–C–N with tert-alkyl or cyclic N) is 1. The Hall–Kier alpha value is -1.78. The van der Waals surface area contributed by atoms with Crippen LogP contribution in [-0.2, 0) is 35.7 Å². The van der Waals surface area contributed by atoms with Crippen LogP contribution in [0.3, 0.4) is 0 Å². The third kappa shape index (κ3) is 8.32. The minimum Gasteiger partial charge on any atom is -0.390 e. The summed E-state index contributed by atoms with van der Waals surface area (Å²) in [7, 11) is -3.54. The van der Waals surface area contributed by atoms with Crippen molar-refractivity contribution in [2.75, 3.05) is 57.8 Å². The van der Waals surface area contributed by atoms with E-state index in [1.54, 1.807) is 4.68 Å². The van der Waals surface area contributed by atoms with Crippen molar-refractivity contribution in [2.45, 2.75) is 74.7 Å². The molecule has 0 unspecified atom stereocenters. The van der Waals surface area contributed by atoms with Crippen molar-refractivity contribution in [1.29, 1.82) is 0 Å². The average Bonchev–Trinajstić information content (AvgIpc) is 3.31. The second-order valence-corrected chi connectivity index (χ2v) is 15.1. The van der Waals surface area contributed by atoms with E-state index in [4.69, 9.17) is 5.10 Å². The second-order valence-electron chi connectivity index (χ2n) is 12.0. The number of piperidine rings is 2. The molecule has 4 heterocycles. The summed E-state index contributed by atoms with van der Waals surface area (Å²) in [6, 6.07) is 3.87. The van der Waals surface area contributed by atoms with Gasteiger partial charge in [0, 0.05) is 86.2 Å². The lowest BCUT2D eigenvalue weighted by atomic mass is 10.0. The highest BCUT2D eigenvalue weighted by Gasteiger charge is 2.35. The Morgan fingerprint density at radius 1 is 1.00 bits per heavy atom. The summed E-state index contributed by atoms with van der Waals surface area (Å²) in [5.74, 6) is 0.393. The first-order chi connectivity index (χ1) is 20.8. The standard InChI is InChI=1S/C29H40F5N5O3S2/c1-44(41,42)38-13-8-26-24(19-38)28(35-39(26)18-23(40)17-37-11-6-22(31)7-12-37)20-2-3-25(29(32,33)34)27(16-20)43-15-14-36-9-4-21(30)5-10-36/h2-3,16,21-23,40H,4-15,17-19H2,1H3/t23-/m0/s1. The van der Waals surface area contributed by atoms with E-state index in [2.05, 4.69) is 4.90 Å². The lowest BCUT2D eigenvalue weighted by Crippen LogP contribution is -2.41. The van der Waals surface area contributed by atoms with Crippen molar-refractivity contribution < 1.29 is 35.5 Å². The summed E-state index contributed by atoms with van der Waals surface area (Å²) < 4.78 is 96.9. The van der Waals surface area contributed by atoms with E-state index in [-0.39, 0.29) is 24.5 Å². The van der Waals surface area contributed by atoms with E-state index in [9.17, 15) is 35.5 Å². The summed E-state index contributed by atoms with van der Waals surface area (Å²) in [6.07, 6.45) is -3.90. The van der Waals surface area contributed by atoms with Crippen LogP contribution in [0.2, 0.25) is 0 Å². The summed E-state index contributed by atoms with van der Waals surface area (Å²) in [4.78, 5) is 4.11. The van der Waals surface area contributed by atoms with E-state index in [1.165, 1.54) is 16.4 Å².